The first-order valence-corrected chi connectivity index (χ1v) is 10.3. The Morgan fingerprint density at radius 1 is 1.25 bits per heavy atom. The largest absolute Gasteiger partial charge is 0.493 e. The molecule has 3 N–H and O–H groups in total. The van der Waals surface area contributed by atoms with Crippen molar-refractivity contribution in [1.29, 1.82) is 0 Å². The van der Waals surface area contributed by atoms with E-state index in [9.17, 15) is 15.0 Å². The zero-order valence-electron chi connectivity index (χ0n) is 16.6. The third-order valence-corrected chi connectivity index (χ3v) is 6.08. The first-order chi connectivity index (χ1) is 13.3. The van der Waals surface area contributed by atoms with Gasteiger partial charge in [0.05, 0.1) is 19.3 Å². The van der Waals surface area contributed by atoms with Crippen LogP contribution in [0.4, 0.5) is 0 Å². The number of carbonyl (C=O) groups is 1. The molecule has 1 saturated carbocycles. The minimum atomic E-state index is -0.775. The van der Waals surface area contributed by atoms with E-state index in [2.05, 4.69) is 0 Å². The van der Waals surface area contributed by atoms with Gasteiger partial charge in [0.2, 0.25) is 0 Å². The molecule has 1 aliphatic carbocycles. The highest BCUT2D eigenvalue weighted by Crippen LogP contribution is 2.39. The van der Waals surface area contributed by atoms with E-state index in [0.717, 1.165) is 35.3 Å². The van der Waals surface area contributed by atoms with Crippen LogP contribution in [0.25, 0.3) is 0 Å². The lowest BCUT2D eigenvalue weighted by atomic mass is 9.92. The molecule has 0 spiro atoms. The Kier molecular flexibility index (Phi) is 8.80. The zero-order chi connectivity index (χ0) is 20.7. The van der Waals surface area contributed by atoms with Crippen LogP contribution in [0.1, 0.15) is 48.8 Å². The zero-order valence-corrected chi connectivity index (χ0v) is 17.4. The summed E-state index contributed by atoms with van der Waals surface area (Å²) in [6, 6.07) is 3.82. The molecule has 0 bridgehead atoms. The van der Waals surface area contributed by atoms with E-state index in [1.165, 1.54) is 0 Å². The number of unbranched alkanes of at least 4 members (excludes halogenated alkanes) is 1. The molecule has 6 heteroatoms. The molecule has 0 unspecified atom stereocenters. The first-order valence-electron chi connectivity index (χ1n) is 9.86. The van der Waals surface area contributed by atoms with Gasteiger partial charge in [0.25, 0.3) is 0 Å². The van der Waals surface area contributed by atoms with Gasteiger partial charge >= 0.3 is 5.97 Å². The summed E-state index contributed by atoms with van der Waals surface area (Å²) < 4.78 is 5.98. The number of aliphatic hydroxyl groups excluding tert-OH is 2. The van der Waals surface area contributed by atoms with Crippen molar-refractivity contribution in [2.75, 3.05) is 6.61 Å². The van der Waals surface area contributed by atoms with Gasteiger partial charge in [0.15, 0.2) is 0 Å². The van der Waals surface area contributed by atoms with E-state index in [4.69, 9.17) is 21.4 Å². The molecule has 0 radical (unpaired) electrons. The second-order valence-corrected chi connectivity index (χ2v) is 8.21. The van der Waals surface area contributed by atoms with Crippen LogP contribution in [-0.2, 0) is 11.4 Å². The molecule has 1 fully saturated rings. The van der Waals surface area contributed by atoms with Crippen LogP contribution in [0.3, 0.4) is 0 Å². The van der Waals surface area contributed by atoms with Crippen molar-refractivity contribution in [2.24, 2.45) is 11.8 Å². The predicted molar refractivity (Wildman–Crippen MR) is 110 cm³/mol. The van der Waals surface area contributed by atoms with Gasteiger partial charge < -0.3 is 20.1 Å². The maximum Gasteiger partial charge on any atom is 0.303 e. The van der Waals surface area contributed by atoms with Crippen LogP contribution in [0.2, 0.25) is 0 Å². The van der Waals surface area contributed by atoms with Crippen molar-refractivity contribution in [1.82, 2.24) is 0 Å². The highest BCUT2D eigenvalue weighted by Gasteiger charge is 2.41. The fraction of sp³-hybridized carbons (Fsp3) is 0.591. The summed E-state index contributed by atoms with van der Waals surface area (Å²) in [6.45, 7) is 4.29. The van der Waals surface area contributed by atoms with E-state index in [-0.39, 0.29) is 30.2 Å². The Balaban J connectivity index is 1.93. The fourth-order valence-electron chi connectivity index (χ4n) is 3.91. The van der Waals surface area contributed by atoms with E-state index >= 15 is 0 Å². The molecule has 0 saturated heterocycles. The summed E-state index contributed by atoms with van der Waals surface area (Å²) in [4.78, 5) is 10.5. The van der Waals surface area contributed by atoms with Gasteiger partial charge in [-0.1, -0.05) is 12.2 Å². The highest BCUT2D eigenvalue weighted by atomic mass is 35.5. The Bertz CT molecular complexity index is 664. The SMILES string of the molecule is Cc1cc(OC[C@H]2[C@@H](CC=CCCCC(=O)O)[C@H](Cl)C[C@H]2O)cc(C)c1CO. The van der Waals surface area contributed by atoms with Gasteiger partial charge in [-0.15, -0.1) is 11.6 Å². The van der Waals surface area contributed by atoms with Crippen molar-refractivity contribution < 1.29 is 24.9 Å². The number of ether oxygens (including phenoxy) is 1. The molecule has 0 aliphatic heterocycles. The maximum absolute atomic E-state index is 10.5. The Morgan fingerprint density at radius 2 is 1.93 bits per heavy atom. The number of benzene rings is 1. The number of allylic oxidation sites excluding steroid dienone is 2. The number of rotatable bonds is 10. The third kappa shape index (κ3) is 6.23. The lowest BCUT2D eigenvalue weighted by Gasteiger charge is -2.23. The van der Waals surface area contributed by atoms with Crippen LogP contribution in [-0.4, -0.2) is 39.4 Å². The molecule has 1 aliphatic rings. The molecular weight excluding hydrogens is 380 g/mol. The number of aliphatic carboxylic acids is 1. The molecule has 0 heterocycles. The molecule has 5 nitrogen and oxygen atoms in total. The van der Waals surface area contributed by atoms with Crippen molar-refractivity contribution in [3.63, 3.8) is 0 Å². The number of aliphatic hydroxyl groups is 2. The Hall–Kier alpha value is -1.56. The Labute approximate surface area is 172 Å². The number of halogens is 1. The topological polar surface area (TPSA) is 87.0 Å². The van der Waals surface area contributed by atoms with Crippen molar-refractivity contribution in [3.05, 3.63) is 41.0 Å². The molecule has 156 valence electrons. The number of alkyl halides is 1. The fourth-order valence-corrected chi connectivity index (χ4v) is 4.38. The third-order valence-electron chi connectivity index (χ3n) is 5.58. The minimum Gasteiger partial charge on any atom is -0.493 e. The summed E-state index contributed by atoms with van der Waals surface area (Å²) in [6.07, 6.45) is 6.36. The van der Waals surface area contributed by atoms with E-state index in [1.54, 1.807) is 0 Å². The summed E-state index contributed by atoms with van der Waals surface area (Å²) >= 11 is 6.47. The molecule has 1 aromatic carbocycles. The standard InChI is InChI=1S/C22H31ClO5/c1-14-9-16(10-15(2)18(14)12-24)28-13-19-17(20(23)11-21(19)25)7-5-3-4-6-8-22(26)27/h3,5,9-10,17,19-21,24-25H,4,6-8,11-13H2,1-2H3,(H,26,27)/t17-,19+,20-,21-/m1/s1. The first kappa shape index (κ1) is 22.7. The van der Waals surface area contributed by atoms with Crippen LogP contribution in [0.15, 0.2) is 24.3 Å². The Morgan fingerprint density at radius 3 is 2.54 bits per heavy atom. The molecule has 28 heavy (non-hydrogen) atoms. The van der Waals surface area contributed by atoms with Crippen LogP contribution >= 0.6 is 11.6 Å². The van der Waals surface area contributed by atoms with Crippen molar-refractivity contribution in [2.45, 2.75) is 64.0 Å². The summed E-state index contributed by atoms with van der Waals surface area (Å²) in [5.41, 5.74) is 2.89. The normalized spacial score (nSPS) is 24.8. The molecule has 0 aromatic heterocycles. The summed E-state index contributed by atoms with van der Waals surface area (Å²) in [5, 5.41) is 28.4. The molecular formula is C22H31ClO5. The lowest BCUT2D eigenvalue weighted by molar-refractivity contribution is -0.137. The average molecular weight is 411 g/mol. The quantitative estimate of drug-likeness (QED) is 0.308. The predicted octanol–water partition coefficient (Wildman–Crippen LogP) is 3.98. The average Bonchev–Trinajstić information content (AvgIpc) is 2.88. The van der Waals surface area contributed by atoms with Crippen molar-refractivity contribution >= 4 is 17.6 Å². The maximum atomic E-state index is 10.5. The minimum absolute atomic E-state index is 0.00802. The van der Waals surface area contributed by atoms with Crippen LogP contribution < -0.4 is 4.74 Å². The summed E-state index contributed by atoms with van der Waals surface area (Å²) in [5.74, 6) is 0.0267. The van der Waals surface area contributed by atoms with E-state index < -0.39 is 12.1 Å². The second kappa shape index (κ2) is 10.8. The van der Waals surface area contributed by atoms with Gasteiger partial charge in [0, 0.05) is 17.7 Å². The number of aryl methyl sites for hydroxylation is 2. The molecule has 4 atom stereocenters. The van der Waals surface area contributed by atoms with E-state index in [1.807, 2.05) is 38.1 Å². The number of hydrogen-bond acceptors (Lipinski definition) is 4. The summed E-state index contributed by atoms with van der Waals surface area (Å²) in [7, 11) is 0. The molecule has 0 amide bonds. The van der Waals surface area contributed by atoms with E-state index in [0.29, 0.717) is 19.4 Å². The number of carboxylic acid groups (broad SMARTS) is 1. The van der Waals surface area contributed by atoms with Gasteiger partial charge in [0.1, 0.15) is 5.75 Å². The molecule has 2 rings (SSSR count). The number of hydrogen-bond donors (Lipinski definition) is 3. The van der Waals surface area contributed by atoms with Gasteiger partial charge in [-0.05, 0) is 74.3 Å². The smallest absolute Gasteiger partial charge is 0.303 e. The van der Waals surface area contributed by atoms with Crippen molar-refractivity contribution in [3.8, 4) is 5.75 Å². The lowest BCUT2D eigenvalue weighted by Crippen LogP contribution is -2.27. The van der Waals surface area contributed by atoms with Crippen LogP contribution in [0, 0.1) is 25.7 Å². The second-order valence-electron chi connectivity index (χ2n) is 7.64. The number of carboxylic acids is 1. The van der Waals surface area contributed by atoms with Gasteiger partial charge in [-0.25, -0.2) is 0 Å². The van der Waals surface area contributed by atoms with Crippen LogP contribution in [0.5, 0.6) is 5.75 Å². The monoisotopic (exact) mass is 410 g/mol. The molecule has 1 aromatic rings. The van der Waals surface area contributed by atoms with Gasteiger partial charge in [-0.2, -0.15) is 0 Å². The highest BCUT2D eigenvalue weighted by molar-refractivity contribution is 6.21. The van der Waals surface area contributed by atoms with Gasteiger partial charge in [-0.3, -0.25) is 4.79 Å².